The summed E-state index contributed by atoms with van der Waals surface area (Å²) in [5.74, 6) is -2.01. The Balaban J connectivity index is 2.35. The van der Waals surface area contributed by atoms with Crippen molar-refractivity contribution in [1.82, 2.24) is 5.09 Å². The van der Waals surface area contributed by atoms with E-state index >= 15 is 0 Å². The highest BCUT2D eigenvalue weighted by Gasteiger charge is 2.55. The molecule has 1 N–H and O–H groups in total. The number of nitrogens with one attached hydrogen (secondary N) is 1. The highest BCUT2D eigenvalue weighted by Crippen LogP contribution is 2.47. The molecule has 11 heteroatoms. The monoisotopic (exact) mass is 489 g/mol. The van der Waals surface area contributed by atoms with Crippen LogP contribution in [0.1, 0.15) is 44.3 Å². The molecular weight excluding hydrogens is 453 g/mol. The minimum absolute atomic E-state index is 0.114. The summed E-state index contributed by atoms with van der Waals surface area (Å²) in [5, 5.41) is 2.44. The van der Waals surface area contributed by atoms with E-state index in [1.807, 2.05) is 0 Å². The van der Waals surface area contributed by atoms with Crippen molar-refractivity contribution in [2.45, 2.75) is 71.7 Å². The van der Waals surface area contributed by atoms with Crippen LogP contribution in [0.3, 0.4) is 0 Å². The zero-order valence-corrected chi connectivity index (χ0v) is 20.8. The zero-order chi connectivity index (χ0) is 26.6. The lowest BCUT2D eigenvalue weighted by Crippen LogP contribution is -2.45. The number of hydrogen-bond acceptors (Lipinski definition) is 9. The van der Waals surface area contributed by atoms with E-state index in [0.717, 1.165) is 0 Å². The van der Waals surface area contributed by atoms with Crippen molar-refractivity contribution >= 4 is 19.7 Å². The predicted octanol–water partition coefficient (Wildman–Crippen LogP) is 3.45. The molecule has 33 heavy (non-hydrogen) atoms. The lowest BCUT2D eigenvalue weighted by Gasteiger charge is -2.32. The van der Waals surface area contributed by atoms with Gasteiger partial charge in [-0.25, -0.2) is 4.57 Å². The fourth-order valence-electron chi connectivity index (χ4n) is 3.21. The smallest absolute Gasteiger partial charge is 0.459 e. The van der Waals surface area contributed by atoms with Crippen LogP contribution in [0.2, 0.25) is 0 Å². The maximum absolute atomic E-state index is 13.8. The van der Waals surface area contributed by atoms with E-state index in [1.165, 1.54) is 33.1 Å². The van der Waals surface area contributed by atoms with E-state index in [2.05, 4.69) is 5.09 Å². The summed E-state index contributed by atoms with van der Waals surface area (Å²) < 4.78 is 63.4. The van der Waals surface area contributed by atoms with Crippen molar-refractivity contribution in [2.24, 2.45) is 5.92 Å². The number of rotatable bonds is 11. The molecule has 2 rings (SSSR count). The lowest BCUT2D eigenvalue weighted by atomic mass is 9.88. The van der Waals surface area contributed by atoms with E-state index in [1.54, 1.807) is 45.9 Å². The first kappa shape index (κ1) is 24.2. The lowest BCUT2D eigenvalue weighted by molar-refractivity contribution is -0.206. The van der Waals surface area contributed by atoms with Crippen LogP contribution in [0, 0.1) is 5.92 Å². The molecule has 1 aliphatic rings. The van der Waals surface area contributed by atoms with E-state index in [0.29, 0.717) is 0 Å². The third-order valence-electron chi connectivity index (χ3n) is 4.99. The summed E-state index contributed by atoms with van der Waals surface area (Å²) in [4.78, 5) is 24.0. The summed E-state index contributed by atoms with van der Waals surface area (Å²) in [5.41, 5.74) is -1.35. The van der Waals surface area contributed by atoms with Crippen LogP contribution in [0.25, 0.3) is 0 Å². The zero-order valence-electron chi connectivity index (χ0n) is 21.9. The third kappa shape index (κ3) is 7.25. The average Bonchev–Trinajstić information content (AvgIpc) is 2.97. The average molecular weight is 489 g/mol. The number of methoxy groups -OCH3 is 1. The fraction of sp³-hybridized carbons (Fsp3) is 0.636. The molecule has 0 saturated carbocycles. The van der Waals surface area contributed by atoms with Gasteiger partial charge in [-0.2, -0.15) is 5.09 Å². The largest absolute Gasteiger partial charge is 0.462 e. The van der Waals surface area contributed by atoms with Gasteiger partial charge in [0.1, 0.15) is 11.8 Å². The van der Waals surface area contributed by atoms with Crippen LogP contribution in [0.4, 0.5) is 0 Å². The molecule has 1 aliphatic heterocycles. The van der Waals surface area contributed by atoms with Crippen molar-refractivity contribution in [2.75, 3.05) is 13.7 Å². The number of ether oxygens (including phenoxy) is 4. The normalized spacial score (nSPS) is 28.9. The van der Waals surface area contributed by atoms with Gasteiger partial charge in [-0.1, -0.05) is 25.1 Å². The van der Waals surface area contributed by atoms with Gasteiger partial charge in [0, 0.05) is 20.0 Å². The summed E-state index contributed by atoms with van der Waals surface area (Å²) >= 11 is 0. The number of carbonyl (C=O) groups is 2. The topological polar surface area (TPSA) is 119 Å². The molecule has 6 atom stereocenters. The second kappa shape index (κ2) is 11.4. The number of carbonyl (C=O) groups excluding carboxylic acids is 2. The van der Waals surface area contributed by atoms with Crippen LogP contribution in [-0.2, 0) is 37.6 Å². The molecule has 1 heterocycles. The summed E-state index contributed by atoms with van der Waals surface area (Å²) in [6, 6.07) is 6.79. The van der Waals surface area contributed by atoms with Gasteiger partial charge in [-0.3, -0.25) is 14.1 Å². The Morgan fingerprint density at radius 3 is 2.45 bits per heavy atom. The Hall–Kier alpha value is -1.97. The Bertz CT molecular complexity index is 933. The molecule has 10 nitrogen and oxygen atoms in total. The molecule has 186 valence electrons. The first-order valence-corrected chi connectivity index (χ1v) is 12.1. The first-order valence-electron chi connectivity index (χ1n) is 11.5. The second-order valence-electron chi connectivity index (χ2n) is 8.14. The van der Waals surface area contributed by atoms with Gasteiger partial charge in [-0.05, 0) is 39.8 Å². The van der Waals surface area contributed by atoms with Gasteiger partial charge in [0.05, 0.1) is 21.5 Å². The van der Waals surface area contributed by atoms with E-state index in [-0.39, 0.29) is 5.75 Å². The van der Waals surface area contributed by atoms with Crippen LogP contribution < -0.4 is 9.61 Å². The van der Waals surface area contributed by atoms with E-state index in [9.17, 15) is 14.2 Å². The summed E-state index contributed by atoms with van der Waals surface area (Å²) in [7, 11) is -3.22. The molecule has 0 bridgehead atoms. The Morgan fingerprint density at radius 2 is 1.91 bits per heavy atom. The number of esters is 2. The Kier molecular flexibility index (Phi) is 8.38. The van der Waals surface area contributed by atoms with Crippen molar-refractivity contribution in [3.05, 3.63) is 30.3 Å². The van der Waals surface area contributed by atoms with Crippen LogP contribution >= 0.6 is 7.75 Å². The molecule has 1 fully saturated rings. The van der Waals surface area contributed by atoms with Crippen LogP contribution in [0.15, 0.2) is 30.3 Å². The van der Waals surface area contributed by atoms with Crippen molar-refractivity contribution in [1.29, 1.82) is 0 Å². The number of para-hydroxylation sites is 1. The van der Waals surface area contributed by atoms with Gasteiger partial charge in [-0.15, -0.1) is 0 Å². The Labute approximate surface area is 197 Å². The van der Waals surface area contributed by atoms with Gasteiger partial charge >= 0.3 is 19.7 Å². The number of hydrogen-bond donors (Lipinski definition) is 1. The second-order valence-corrected chi connectivity index (χ2v) is 9.76. The molecular formula is C22H34NO9P. The minimum Gasteiger partial charge on any atom is -0.462 e. The van der Waals surface area contributed by atoms with Gasteiger partial charge in [0.15, 0.2) is 11.9 Å². The Morgan fingerprint density at radius 1 is 1.27 bits per heavy atom. The molecule has 1 aromatic rings. The highest BCUT2D eigenvalue weighted by atomic mass is 31.2. The van der Waals surface area contributed by atoms with Gasteiger partial charge in [0.25, 0.3) is 0 Å². The minimum atomic E-state index is -4.55. The molecule has 0 amide bonds. The van der Waals surface area contributed by atoms with Crippen molar-refractivity contribution in [3.63, 3.8) is 0 Å². The highest BCUT2D eigenvalue weighted by molar-refractivity contribution is 7.52. The quantitative estimate of drug-likeness (QED) is 0.366. The summed E-state index contributed by atoms with van der Waals surface area (Å²) in [6.07, 6.45) is -2.93. The number of benzene rings is 1. The molecule has 1 saturated heterocycles. The van der Waals surface area contributed by atoms with Gasteiger partial charge in [0.2, 0.25) is 0 Å². The van der Waals surface area contributed by atoms with Crippen molar-refractivity contribution < 1.29 is 44.9 Å². The predicted molar refractivity (Wildman–Crippen MR) is 119 cm³/mol. The van der Waals surface area contributed by atoms with E-state index in [4.69, 9.17) is 30.7 Å². The maximum atomic E-state index is 13.8. The molecule has 1 unspecified atom stereocenters. The molecule has 0 radical (unpaired) electrons. The standard InChI is InChI=1S/C22H34NO9P/c1-14(2)29-20(25)16(4)23-33(26,32-18-11-9-8-10-12-18)28-13-19-15(3)22(6,31-17(5)24)21(27-7)30-19/h8-12,14-16,19,21H,13H2,1-7H3,(H,23,26)/t15-,16+,19-,21?,22-,33+/m1/s1/i13D2. The van der Waals surface area contributed by atoms with Gasteiger partial charge < -0.3 is 23.5 Å². The van der Waals surface area contributed by atoms with Crippen LogP contribution in [-0.4, -0.2) is 55.7 Å². The summed E-state index contributed by atoms with van der Waals surface area (Å²) in [6.45, 7) is 6.31. The molecule has 0 aromatic heterocycles. The third-order valence-corrected chi connectivity index (χ3v) is 6.49. The van der Waals surface area contributed by atoms with E-state index < -0.39 is 62.3 Å². The maximum Gasteiger partial charge on any atom is 0.459 e. The molecule has 1 aromatic carbocycles. The molecule has 0 spiro atoms. The molecule has 0 aliphatic carbocycles. The SMILES string of the molecule is [2H]C([2H])(O[P@@](=O)(N[C@@H](C)C(=O)OC(C)C)Oc1ccccc1)[C@H]1OC(OC)[C@](C)(OC(C)=O)[C@@H]1C. The fourth-order valence-corrected chi connectivity index (χ4v) is 4.57. The van der Waals surface area contributed by atoms with Crippen molar-refractivity contribution in [3.8, 4) is 5.75 Å². The first-order chi connectivity index (χ1) is 16.1. The van der Waals surface area contributed by atoms with Crippen LogP contribution in [0.5, 0.6) is 5.75 Å².